The maximum absolute atomic E-state index is 12.6. The van der Waals surface area contributed by atoms with Gasteiger partial charge in [0.1, 0.15) is 0 Å². The maximum atomic E-state index is 12.6. The lowest BCUT2D eigenvalue weighted by Crippen LogP contribution is -2.47. The number of hydrogen-bond acceptors (Lipinski definition) is 5. The van der Waals surface area contributed by atoms with Gasteiger partial charge in [-0.15, -0.1) is 0 Å². The molecule has 3 amide bonds. The first-order valence-electron chi connectivity index (χ1n) is 10.8. The number of urea groups is 1. The summed E-state index contributed by atoms with van der Waals surface area (Å²) in [5.74, 6) is 1.87. The fourth-order valence-electron chi connectivity index (χ4n) is 4.38. The number of hydrogen-bond donors (Lipinski definition) is 1. The molecule has 0 aromatic carbocycles. The highest BCUT2D eigenvalue weighted by atomic mass is 16.5. The Kier molecular flexibility index (Phi) is 5.82. The highest BCUT2D eigenvalue weighted by Gasteiger charge is 2.33. The van der Waals surface area contributed by atoms with Crippen molar-refractivity contribution in [2.75, 3.05) is 19.6 Å². The third-order valence-corrected chi connectivity index (χ3v) is 6.22. The molecule has 1 aromatic heterocycles. The van der Waals surface area contributed by atoms with Crippen LogP contribution in [0, 0.1) is 0 Å². The molecule has 2 heterocycles. The van der Waals surface area contributed by atoms with E-state index in [-0.39, 0.29) is 18.0 Å². The van der Waals surface area contributed by atoms with Crippen LogP contribution in [0.2, 0.25) is 0 Å². The molecule has 4 rings (SSSR count). The van der Waals surface area contributed by atoms with E-state index in [0.29, 0.717) is 43.8 Å². The molecule has 1 saturated heterocycles. The van der Waals surface area contributed by atoms with Crippen LogP contribution >= 0.6 is 0 Å². The van der Waals surface area contributed by atoms with Gasteiger partial charge in [-0.25, -0.2) is 4.79 Å². The van der Waals surface area contributed by atoms with Gasteiger partial charge in [0.15, 0.2) is 5.82 Å². The summed E-state index contributed by atoms with van der Waals surface area (Å²) in [7, 11) is 0. The summed E-state index contributed by atoms with van der Waals surface area (Å²) in [4.78, 5) is 33.0. The van der Waals surface area contributed by atoms with Crippen LogP contribution in [0.3, 0.4) is 0 Å². The summed E-state index contributed by atoms with van der Waals surface area (Å²) in [5, 5.41) is 7.22. The van der Waals surface area contributed by atoms with E-state index < -0.39 is 0 Å². The first-order valence-corrected chi connectivity index (χ1v) is 10.8. The Morgan fingerprint density at radius 2 is 1.96 bits per heavy atom. The van der Waals surface area contributed by atoms with Crippen molar-refractivity contribution in [1.82, 2.24) is 25.3 Å². The molecule has 3 fully saturated rings. The van der Waals surface area contributed by atoms with Crippen molar-refractivity contribution in [3.05, 3.63) is 11.7 Å². The van der Waals surface area contributed by atoms with Gasteiger partial charge in [0, 0.05) is 44.9 Å². The number of carbonyl (C=O) groups is 2. The van der Waals surface area contributed by atoms with Crippen LogP contribution in [0.4, 0.5) is 4.79 Å². The molecule has 0 bridgehead atoms. The van der Waals surface area contributed by atoms with Gasteiger partial charge in [0.05, 0.1) is 6.04 Å². The molecule has 1 atom stereocenters. The van der Waals surface area contributed by atoms with E-state index in [9.17, 15) is 9.59 Å². The lowest BCUT2D eigenvalue weighted by atomic mass is 9.96. The zero-order chi connectivity index (χ0) is 19.5. The van der Waals surface area contributed by atoms with Crippen LogP contribution in [0.1, 0.15) is 75.9 Å². The number of likely N-dealkylation sites (tertiary alicyclic amines) is 1. The zero-order valence-corrected chi connectivity index (χ0v) is 16.7. The average molecular weight is 390 g/mol. The van der Waals surface area contributed by atoms with Crippen LogP contribution in [0.5, 0.6) is 0 Å². The molecule has 28 heavy (non-hydrogen) atoms. The van der Waals surface area contributed by atoms with Crippen LogP contribution in [-0.2, 0) is 11.2 Å². The van der Waals surface area contributed by atoms with Gasteiger partial charge in [-0.05, 0) is 32.1 Å². The largest absolute Gasteiger partial charge is 0.339 e. The monoisotopic (exact) mass is 389 g/mol. The molecule has 2 saturated carbocycles. The third kappa shape index (κ3) is 4.64. The number of nitrogens with one attached hydrogen (secondary N) is 1. The Balaban J connectivity index is 1.28. The third-order valence-electron chi connectivity index (χ3n) is 6.22. The fourth-order valence-corrected chi connectivity index (χ4v) is 4.38. The van der Waals surface area contributed by atoms with Crippen molar-refractivity contribution in [2.45, 2.75) is 82.7 Å². The van der Waals surface area contributed by atoms with Gasteiger partial charge in [-0.1, -0.05) is 24.4 Å². The normalized spacial score (nSPS) is 23.0. The highest BCUT2D eigenvalue weighted by Crippen LogP contribution is 2.38. The molecule has 1 unspecified atom stereocenters. The van der Waals surface area contributed by atoms with E-state index in [1.807, 2.05) is 9.80 Å². The average Bonchev–Trinajstić information content (AvgIpc) is 3.23. The van der Waals surface area contributed by atoms with E-state index in [1.54, 1.807) is 6.92 Å². The van der Waals surface area contributed by atoms with E-state index >= 15 is 0 Å². The molecule has 0 spiro atoms. The SMILES string of the molecule is CC(=O)N(CCc1noc(C2CC2)n1)C1CCN(C(=O)NC2CCCCC2)C1. The number of nitrogens with zero attached hydrogens (tertiary/aromatic N) is 4. The Morgan fingerprint density at radius 3 is 2.68 bits per heavy atom. The van der Waals surface area contributed by atoms with Crippen molar-refractivity contribution in [3.63, 3.8) is 0 Å². The molecule has 2 aliphatic carbocycles. The van der Waals surface area contributed by atoms with Crippen molar-refractivity contribution in [2.24, 2.45) is 0 Å². The lowest BCUT2D eigenvalue weighted by Gasteiger charge is -2.29. The van der Waals surface area contributed by atoms with E-state index in [2.05, 4.69) is 15.5 Å². The first-order chi connectivity index (χ1) is 13.6. The van der Waals surface area contributed by atoms with Crippen molar-refractivity contribution < 1.29 is 14.1 Å². The highest BCUT2D eigenvalue weighted by molar-refractivity contribution is 5.76. The predicted molar refractivity (Wildman–Crippen MR) is 103 cm³/mol. The summed E-state index contributed by atoms with van der Waals surface area (Å²) in [6, 6.07) is 0.387. The molecule has 0 radical (unpaired) electrons. The van der Waals surface area contributed by atoms with Crippen LogP contribution in [-0.4, -0.2) is 63.6 Å². The minimum absolute atomic E-state index is 0.0187. The lowest BCUT2D eigenvalue weighted by molar-refractivity contribution is -0.130. The molecular formula is C20H31N5O3. The Bertz CT molecular complexity index is 696. The molecule has 1 aliphatic heterocycles. The smallest absolute Gasteiger partial charge is 0.317 e. The molecule has 1 aromatic rings. The van der Waals surface area contributed by atoms with Crippen molar-refractivity contribution in [1.29, 1.82) is 0 Å². The van der Waals surface area contributed by atoms with E-state index in [0.717, 1.165) is 38.0 Å². The van der Waals surface area contributed by atoms with Gasteiger partial charge < -0.3 is 19.6 Å². The number of amides is 3. The second-order valence-electron chi connectivity index (χ2n) is 8.46. The van der Waals surface area contributed by atoms with Crippen LogP contribution in [0.15, 0.2) is 4.52 Å². The van der Waals surface area contributed by atoms with E-state index in [1.165, 1.54) is 19.3 Å². The summed E-state index contributed by atoms with van der Waals surface area (Å²) in [5.41, 5.74) is 0. The zero-order valence-electron chi connectivity index (χ0n) is 16.7. The van der Waals surface area contributed by atoms with Crippen molar-refractivity contribution in [3.8, 4) is 0 Å². The molecular weight excluding hydrogens is 358 g/mol. The summed E-state index contributed by atoms with van der Waals surface area (Å²) >= 11 is 0. The first kappa shape index (κ1) is 19.2. The summed E-state index contributed by atoms with van der Waals surface area (Å²) < 4.78 is 5.30. The Morgan fingerprint density at radius 1 is 1.18 bits per heavy atom. The Hall–Kier alpha value is -2.12. The summed E-state index contributed by atoms with van der Waals surface area (Å²) in [6.07, 6.45) is 9.48. The molecule has 1 N–H and O–H groups in total. The van der Waals surface area contributed by atoms with E-state index in [4.69, 9.17) is 4.52 Å². The van der Waals surface area contributed by atoms with Gasteiger partial charge in [0.2, 0.25) is 11.8 Å². The molecule has 8 heteroatoms. The minimum Gasteiger partial charge on any atom is -0.339 e. The minimum atomic E-state index is 0.0187. The van der Waals surface area contributed by atoms with Crippen molar-refractivity contribution >= 4 is 11.9 Å². The summed E-state index contributed by atoms with van der Waals surface area (Å²) in [6.45, 7) is 3.44. The topological polar surface area (TPSA) is 91.6 Å². The second-order valence-corrected chi connectivity index (χ2v) is 8.46. The quantitative estimate of drug-likeness (QED) is 0.807. The second kappa shape index (κ2) is 8.49. The number of aromatic nitrogens is 2. The predicted octanol–water partition coefficient (Wildman–Crippen LogP) is 2.45. The number of carbonyl (C=O) groups excluding carboxylic acids is 2. The number of rotatable bonds is 6. The molecule has 8 nitrogen and oxygen atoms in total. The Labute approximate surface area is 166 Å². The van der Waals surface area contributed by atoms with Gasteiger partial charge in [-0.2, -0.15) is 4.98 Å². The van der Waals surface area contributed by atoms with Gasteiger partial charge in [-0.3, -0.25) is 4.79 Å². The standard InChI is InChI=1S/C20H31N5O3/c1-14(26)25(12-10-18-22-19(28-23-18)15-7-8-15)17-9-11-24(13-17)20(27)21-16-5-3-2-4-6-16/h15-17H,2-13H2,1H3,(H,21,27). The molecule has 154 valence electrons. The maximum Gasteiger partial charge on any atom is 0.317 e. The van der Waals surface area contributed by atoms with Gasteiger partial charge in [0.25, 0.3) is 0 Å². The fraction of sp³-hybridized carbons (Fsp3) is 0.800. The molecule has 3 aliphatic rings. The van der Waals surface area contributed by atoms with Crippen LogP contribution in [0.25, 0.3) is 0 Å². The van der Waals surface area contributed by atoms with Gasteiger partial charge >= 0.3 is 6.03 Å². The van der Waals surface area contributed by atoms with Crippen LogP contribution < -0.4 is 5.32 Å².